The fourth-order valence-electron chi connectivity index (χ4n) is 0.973. The zero-order chi connectivity index (χ0) is 15.0. The highest BCUT2D eigenvalue weighted by atomic mass is 16.4. The van der Waals surface area contributed by atoms with Gasteiger partial charge in [0.2, 0.25) is 0 Å². The Labute approximate surface area is 110 Å². The van der Waals surface area contributed by atoms with E-state index in [4.69, 9.17) is 26.8 Å². The van der Waals surface area contributed by atoms with E-state index >= 15 is 0 Å². The summed E-state index contributed by atoms with van der Waals surface area (Å²) in [6.07, 6.45) is 0.273. The predicted octanol–water partition coefficient (Wildman–Crippen LogP) is -0.235. The number of hydrogen-bond acceptors (Lipinski definition) is 5. The van der Waals surface area contributed by atoms with Crippen LogP contribution in [0.15, 0.2) is 24.3 Å². The van der Waals surface area contributed by atoms with Crippen molar-refractivity contribution in [3.05, 3.63) is 29.8 Å². The van der Waals surface area contributed by atoms with Crippen LogP contribution in [-0.2, 0) is 16.0 Å². The number of carboxylic acid groups (broad SMARTS) is 2. The average molecular weight is 270 g/mol. The molecule has 0 bridgehead atoms. The van der Waals surface area contributed by atoms with Crippen LogP contribution in [0.3, 0.4) is 0 Å². The van der Waals surface area contributed by atoms with E-state index in [0.29, 0.717) is 0 Å². The normalized spacial score (nSPS) is 12.8. The van der Waals surface area contributed by atoms with Gasteiger partial charge in [0.25, 0.3) is 0 Å². The molecule has 0 fully saturated rings. The molecule has 1 rings (SSSR count). The predicted molar refractivity (Wildman–Crippen MR) is 68.7 cm³/mol. The van der Waals surface area contributed by atoms with Crippen LogP contribution in [0.25, 0.3) is 0 Å². The minimum Gasteiger partial charge on any atom is -0.508 e. The van der Waals surface area contributed by atoms with Crippen LogP contribution in [0, 0.1) is 0 Å². The van der Waals surface area contributed by atoms with Gasteiger partial charge in [-0.3, -0.25) is 9.59 Å². The quantitative estimate of drug-likeness (QED) is 0.507. The Morgan fingerprint density at radius 2 is 1.53 bits per heavy atom. The fourth-order valence-corrected chi connectivity index (χ4v) is 0.973. The molecule has 1 unspecified atom stereocenters. The number of benzene rings is 1. The molecule has 0 saturated heterocycles. The smallest absolute Gasteiger partial charge is 0.320 e. The van der Waals surface area contributed by atoms with E-state index < -0.39 is 24.0 Å². The van der Waals surface area contributed by atoms with E-state index in [1.165, 1.54) is 19.1 Å². The van der Waals surface area contributed by atoms with Crippen molar-refractivity contribution < 1.29 is 24.9 Å². The summed E-state index contributed by atoms with van der Waals surface area (Å²) in [4.78, 5) is 20.0. The Morgan fingerprint density at radius 1 is 1.11 bits per heavy atom. The van der Waals surface area contributed by atoms with E-state index in [2.05, 4.69) is 0 Å². The molecule has 7 nitrogen and oxygen atoms in total. The SMILES string of the molecule is C[C@@H](N)C(=O)O.NC(Cc1ccc(O)cc1)C(=O)O. The minimum atomic E-state index is -1.02. The maximum atomic E-state index is 10.4. The van der Waals surface area contributed by atoms with Gasteiger partial charge in [-0.2, -0.15) is 0 Å². The Morgan fingerprint density at radius 3 is 1.84 bits per heavy atom. The summed E-state index contributed by atoms with van der Waals surface area (Å²) in [5, 5.41) is 25.3. The van der Waals surface area contributed by atoms with Crippen LogP contribution in [0.5, 0.6) is 5.75 Å². The molecule has 0 spiro atoms. The van der Waals surface area contributed by atoms with Crippen LogP contribution in [0.1, 0.15) is 12.5 Å². The second kappa shape index (κ2) is 8.06. The molecule has 1 aromatic carbocycles. The van der Waals surface area contributed by atoms with Gasteiger partial charge in [0.1, 0.15) is 17.8 Å². The summed E-state index contributed by atoms with van der Waals surface area (Å²) in [6.45, 7) is 1.42. The van der Waals surface area contributed by atoms with E-state index in [1.54, 1.807) is 12.1 Å². The average Bonchev–Trinajstić information content (AvgIpc) is 2.32. The number of carboxylic acids is 2. The lowest BCUT2D eigenvalue weighted by Crippen LogP contribution is -2.32. The summed E-state index contributed by atoms with van der Waals surface area (Å²) in [6, 6.07) is 4.69. The van der Waals surface area contributed by atoms with Crippen LogP contribution >= 0.6 is 0 Å². The molecule has 1 aromatic rings. The zero-order valence-corrected chi connectivity index (χ0v) is 10.5. The summed E-state index contributed by atoms with van der Waals surface area (Å²) in [7, 11) is 0. The van der Waals surface area contributed by atoms with Gasteiger partial charge in [-0.1, -0.05) is 12.1 Å². The molecule has 19 heavy (non-hydrogen) atoms. The number of carbonyl (C=O) groups is 2. The van der Waals surface area contributed by atoms with Gasteiger partial charge in [-0.15, -0.1) is 0 Å². The zero-order valence-electron chi connectivity index (χ0n) is 10.5. The molecular weight excluding hydrogens is 252 g/mol. The first-order chi connectivity index (χ1) is 8.73. The Hall–Kier alpha value is -2.12. The third-order valence-corrected chi connectivity index (χ3v) is 2.10. The number of hydrogen-bond donors (Lipinski definition) is 5. The Balaban J connectivity index is 0.000000459. The Bertz CT molecular complexity index is 417. The first kappa shape index (κ1) is 16.9. The van der Waals surface area contributed by atoms with Gasteiger partial charge in [-0.25, -0.2) is 0 Å². The van der Waals surface area contributed by atoms with Crippen molar-refractivity contribution in [2.24, 2.45) is 11.5 Å². The van der Waals surface area contributed by atoms with E-state index in [9.17, 15) is 9.59 Å². The lowest BCUT2D eigenvalue weighted by molar-refractivity contribution is -0.139. The number of nitrogens with two attached hydrogens (primary N) is 2. The monoisotopic (exact) mass is 270 g/mol. The molecule has 0 aliphatic rings. The lowest BCUT2D eigenvalue weighted by atomic mass is 10.1. The second-order valence-electron chi connectivity index (χ2n) is 3.94. The molecule has 0 radical (unpaired) electrons. The number of aliphatic carboxylic acids is 2. The minimum absolute atomic E-state index is 0.160. The summed E-state index contributed by atoms with van der Waals surface area (Å²) < 4.78 is 0. The molecule has 7 N–H and O–H groups in total. The molecule has 106 valence electrons. The van der Waals surface area contributed by atoms with Crippen molar-refractivity contribution in [3.8, 4) is 5.75 Å². The third kappa shape index (κ3) is 7.74. The van der Waals surface area contributed by atoms with Crippen LogP contribution in [-0.4, -0.2) is 39.3 Å². The molecule has 0 heterocycles. The molecule has 2 atom stereocenters. The third-order valence-electron chi connectivity index (χ3n) is 2.10. The molecule has 0 aliphatic heterocycles. The number of phenols is 1. The summed E-state index contributed by atoms with van der Waals surface area (Å²) >= 11 is 0. The van der Waals surface area contributed by atoms with Crippen molar-refractivity contribution in [1.29, 1.82) is 0 Å². The molecule has 7 heteroatoms. The highest BCUT2D eigenvalue weighted by Crippen LogP contribution is 2.10. The van der Waals surface area contributed by atoms with E-state index in [-0.39, 0.29) is 12.2 Å². The highest BCUT2D eigenvalue weighted by molar-refractivity contribution is 5.73. The largest absolute Gasteiger partial charge is 0.508 e. The van der Waals surface area contributed by atoms with Gasteiger partial charge in [-0.05, 0) is 31.0 Å². The standard InChI is InChI=1S/C9H11NO3.C3H7NO2/c10-8(9(12)13)5-6-1-3-7(11)4-2-6;1-2(4)3(5)6/h1-4,8,11H,5,10H2,(H,12,13);2H,4H2,1H3,(H,5,6)/t;2-/m.1/s1. The maximum absolute atomic E-state index is 10.4. The topological polar surface area (TPSA) is 147 Å². The molecule has 0 amide bonds. The van der Waals surface area contributed by atoms with Crippen LogP contribution in [0.2, 0.25) is 0 Å². The number of phenolic OH excluding ortho intramolecular Hbond substituents is 1. The summed E-state index contributed by atoms with van der Waals surface area (Å²) in [5.74, 6) is -1.82. The van der Waals surface area contributed by atoms with Crippen molar-refractivity contribution in [2.45, 2.75) is 25.4 Å². The molecule has 0 aliphatic carbocycles. The number of aromatic hydroxyl groups is 1. The first-order valence-corrected chi connectivity index (χ1v) is 5.48. The maximum Gasteiger partial charge on any atom is 0.320 e. The van der Waals surface area contributed by atoms with Crippen LogP contribution in [0.4, 0.5) is 0 Å². The summed E-state index contributed by atoms with van der Waals surface area (Å²) in [5.41, 5.74) is 11.0. The van der Waals surface area contributed by atoms with Gasteiger partial charge in [0, 0.05) is 0 Å². The number of rotatable bonds is 4. The van der Waals surface area contributed by atoms with Gasteiger partial charge < -0.3 is 26.8 Å². The highest BCUT2D eigenvalue weighted by Gasteiger charge is 2.11. The first-order valence-electron chi connectivity index (χ1n) is 5.48. The van der Waals surface area contributed by atoms with Crippen molar-refractivity contribution >= 4 is 11.9 Å². The molecule has 0 saturated carbocycles. The van der Waals surface area contributed by atoms with Crippen molar-refractivity contribution in [2.75, 3.05) is 0 Å². The fraction of sp³-hybridized carbons (Fsp3) is 0.333. The molecule has 0 aromatic heterocycles. The second-order valence-corrected chi connectivity index (χ2v) is 3.94. The van der Waals surface area contributed by atoms with Crippen molar-refractivity contribution in [3.63, 3.8) is 0 Å². The van der Waals surface area contributed by atoms with E-state index in [0.717, 1.165) is 5.56 Å². The van der Waals surface area contributed by atoms with Crippen LogP contribution < -0.4 is 11.5 Å². The molecular formula is C12H18N2O5. The van der Waals surface area contributed by atoms with Gasteiger partial charge in [0.05, 0.1) is 0 Å². The van der Waals surface area contributed by atoms with Crippen molar-refractivity contribution in [1.82, 2.24) is 0 Å². The Kier molecular flexibility index (Phi) is 7.16. The van der Waals surface area contributed by atoms with E-state index in [1.807, 2.05) is 0 Å². The van der Waals surface area contributed by atoms with Gasteiger partial charge in [0.15, 0.2) is 0 Å². The van der Waals surface area contributed by atoms with Gasteiger partial charge >= 0.3 is 11.9 Å². The lowest BCUT2D eigenvalue weighted by Gasteiger charge is -2.05.